The third-order valence-electron chi connectivity index (χ3n) is 4.93. The molecule has 1 amide bonds. The Labute approximate surface area is 174 Å². The number of benzene rings is 2. The zero-order valence-corrected chi connectivity index (χ0v) is 16.9. The number of hydrogen-bond donors (Lipinski definition) is 1. The van der Waals surface area contributed by atoms with Gasteiger partial charge < -0.3 is 10.5 Å². The van der Waals surface area contributed by atoms with E-state index in [1.807, 2.05) is 17.8 Å². The molecule has 0 unspecified atom stereocenters. The summed E-state index contributed by atoms with van der Waals surface area (Å²) in [6.45, 7) is 3.10. The maximum absolute atomic E-state index is 11.1. The Bertz CT molecular complexity index is 977. The fourth-order valence-corrected chi connectivity index (χ4v) is 4.29. The summed E-state index contributed by atoms with van der Waals surface area (Å²) < 4.78 is 5.84. The number of amides is 1. The number of nitrogens with zero attached hydrogens (tertiary/aromatic N) is 2. The second kappa shape index (κ2) is 9.11. The smallest absolute Gasteiger partial charge is 0.250 e. The number of primary amides is 1. The molecule has 0 bridgehead atoms. The molecule has 5 nitrogen and oxygen atoms in total. The van der Waals surface area contributed by atoms with Crippen molar-refractivity contribution in [3.8, 4) is 11.6 Å². The predicted octanol–water partition coefficient (Wildman–Crippen LogP) is 4.12. The summed E-state index contributed by atoms with van der Waals surface area (Å²) in [6, 6.07) is 20.0. The molecule has 0 fully saturated rings. The Morgan fingerprint density at radius 1 is 1.10 bits per heavy atom. The number of rotatable bonds is 7. The van der Waals surface area contributed by atoms with E-state index >= 15 is 0 Å². The van der Waals surface area contributed by atoms with Crippen molar-refractivity contribution in [2.24, 2.45) is 5.73 Å². The van der Waals surface area contributed by atoms with Gasteiger partial charge in [-0.3, -0.25) is 9.69 Å². The van der Waals surface area contributed by atoms with Crippen molar-refractivity contribution in [1.82, 2.24) is 9.88 Å². The van der Waals surface area contributed by atoms with Gasteiger partial charge >= 0.3 is 0 Å². The molecule has 0 radical (unpaired) electrons. The first kappa shape index (κ1) is 19.5. The Hall–Kier alpha value is -2.83. The van der Waals surface area contributed by atoms with Crippen molar-refractivity contribution in [1.29, 1.82) is 0 Å². The van der Waals surface area contributed by atoms with Gasteiger partial charge in [0.05, 0.1) is 5.56 Å². The van der Waals surface area contributed by atoms with Crippen LogP contribution in [0.3, 0.4) is 0 Å². The van der Waals surface area contributed by atoms with E-state index in [9.17, 15) is 4.79 Å². The highest BCUT2D eigenvalue weighted by molar-refractivity contribution is 7.99. The first-order valence-corrected chi connectivity index (χ1v) is 10.6. The van der Waals surface area contributed by atoms with Gasteiger partial charge in [0.1, 0.15) is 5.75 Å². The van der Waals surface area contributed by atoms with Crippen molar-refractivity contribution in [3.05, 3.63) is 83.6 Å². The van der Waals surface area contributed by atoms with E-state index < -0.39 is 5.91 Å². The van der Waals surface area contributed by atoms with Gasteiger partial charge in [0.2, 0.25) is 11.8 Å². The number of carbonyl (C=O) groups is 1. The van der Waals surface area contributed by atoms with Gasteiger partial charge in [0, 0.05) is 42.5 Å². The van der Waals surface area contributed by atoms with Crippen LogP contribution in [-0.2, 0) is 13.0 Å². The molecule has 0 spiro atoms. The third-order valence-corrected chi connectivity index (χ3v) is 5.92. The molecule has 6 heteroatoms. The van der Waals surface area contributed by atoms with Crippen LogP contribution < -0.4 is 10.5 Å². The minimum absolute atomic E-state index is 0.369. The van der Waals surface area contributed by atoms with E-state index in [2.05, 4.69) is 52.3 Å². The van der Waals surface area contributed by atoms with Crippen molar-refractivity contribution in [2.45, 2.75) is 17.9 Å². The normalized spacial score (nSPS) is 13.7. The number of hydrogen-bond acceptors (Lipinski definition) is 5. The SMILES string of the molecule is NC(=O)c1ccc(Oc2ccc3c(c2)CCN(CCSc2ccccc2)C3)nc1. The van der Waals surface area contributed by atoms with Crippen LogP contribution in [0.2, 0.25) is 0 Å². The molecule has 1 aliphatic rings. The van der Waals surface area contributed by atoms with Crippen molar-refractivity contribution in [3.63, 3.8) is 0 Å². The second-order valence-corrected chi connectivity index (χ2v) is 8.14. The molecule has 0 atom stereocenters. The van der Waals surface area contributed by atoms with Crippen molar-refractivity contribution < 1.29 is 9.53 Å². The monoisotopic (exact) mass is 405 g/mol. The number of ether oxygens (including phenoxy) is 1. The number of thioether (sulfide) groups is 1. The van der Waals surface area contributed by atoms with Crippen LogP contribution in [0.25, 0.3) is 0 Å². The largest absolute Gasteiger partial charge is 0.439 e. The van der Waals surface area contributed by atoms with Crippen LogP contribution in [0, 0.1) is 0 Å². The molecule has 3 aromatic rings. The molecule has 148 valence electrons. The molecular formula is C23H23N3O2S. The summed E-state index contributed by atoms with van der Waals surface area (Å²) in [5.74, 6) is 1.80. The van der Waals surface area contributed by atoms with Gasteiger partial charge in [-0.15, -0.1) is 11.8 Å². The Balaban J connectivity index is 1.32. The standard InChI is InChI=1S/C23H23N3O2S/c24-23(27)18-7-9-22(25-15-18)28-20-8-6-19-16-26(11-10-17(19)14-20)12-13-29-21-4-2-1-3-5-21/h1-9,14-15H,10-13,16H2,(H2,24,27). The fraction of sp³-hybridized carbons (Fsp3) is 0.217. The third kappa shape index (κ3) is 5.16. The van der Waals surface area contributed by atoms with Gasteiger partial charge in [0.25, 0.3) is 0 Å². The number of aromatic nitrogens is 1. The molecular weight excluding hydrogens is 382 g/mol. The highest BCUT2D eigenvalue weighted by Crippen LogP contribution is 2.27. The van der Waals surface area contributed by atoms with Gasteiger partial charge in [-0.05, 0) is 47.9 Å². The van der Waals surface area contributed by atoms with E-state index in [1.165, 1.54) is 22.2 Å². The molecule has 2 N–H and O–H groups in total. The summed E-state index contributed by atoms with van der Waals surface area (Å²) >= 11 is 1.90. The zero-order chi connectivity index (χ0) is 20.1. The second-order valence-electron chi connectivity index (χ2n) is 6.97. The lowest BCUT2D eigenvalue weighted by molar-refractivity contribution is 0.1000. The summed E-state index contributed by atoms with van der Waals surface area (Å²) in [5, 5.41) is 0. The molecule has 1 aromatic heterocycles. The van der Waals surface area contributed by atoms with Crippen LogP contribution >= 0.6 is 11.8 Å². The van der Waals surface area contributed by atoms with Crippen molar-refractivity contribution in [2.75, 3.05) is 18.8 Å². The summed E-state index contributed by atoms with van der Waals surface area (Å²) in [6.07, 6.45) is 2.44. The summed E-state index contributed by atoms with van der Waals surface area (Å²) in [7, 11) is 0. The van der Waals surface area contributed by atoms with Crippen LogP contribution in [0.15, 0.2) is 71.8 Å². The lowest BCUT2D eigenvalue weighted by Gasteiger charge is -2.28. The maximum atomic E-state index is 11.1. The van der Waals surface area contributed by atoms with Gasteiger partial charge in [0.15, 0.2) is 0 Å². The Kier molecular flexibility index (Phi) is 6.12. The molecule has 0 aliphatic carbocycles. The Morgan fingerprint density at radius 2 is 1.97 bits per heavy atom. The fourth-order valence-electron chi connectivity index (χ4n) is 3.36. The van der Waals surface area contributed by atoms with E-state index in [-0.39, 0.29) is 0 Å². The lowest BCUT2D eigenvalue weighted by Crippen LogP contribution is -2.32. The van der Waals surface area contributed by atoms with E-state index in [0.717, 1.165) is 37.6 Å². The molecule has 4 rings (SSSR count). The summed E-state index contributed by atoms with van der Waals surface area (Å²) in [4.78, 5) is 19.1. The number of nitrogens with two attached hydrogens (primary N) is 1. The molecule has 1 aliphatic heterocycles. The average Bonchev–Trinajstić information content (AvgIpc) is 2.75. The lowest BCUT2D eigenvalue weighted by atomic mass is 9.99. The molecule has 2 heterocycles. The van der Waals surface area contributed by atoms with Gasteiger partial charge in [-0.25, -0.2) is 4.98 Å². The summed E-state index contributed by atoms with van der Waals surface area (Å²) in [5.41, 5.74) is 8.28. The maximum Gasteiger partial charge on any atom is 0.250 e. The molecule has 2 aromatic carbocycles. The van der Waals surface area contributed by atoms with Crippen LogP contribution in [-0.4, -0.2) is 34.6 Å². The average molecular weight is 406 g/mol. The first-order valence-electron chi connectivity index (χ1n) is 9.63. The molecule has 0 saturated carbocycles. The number of fused-ring (bicyclic) bond motifs is 1. The van der Waals surface area contributed by atoms with E-state index in [0.29, 0.717) is 11.4 Å². The van der Waals surface area contributed by atoms with Gasteiger partial charge in [-0.1, -0.05) is 24.3 Å². The number of pyridine rings is 1. The first-order chi connectivity index (χ1) is 14.2. The minimum atomic E-state index is -0.496. The van der Waals surface area contributed by atoms with Crippen LogP contribution in [0.5, 0.6) is 11.6 Å². The Morgan fingerprint density at radius 3 is 2.72 bits per heavy atom. The number of carbonyl (C=O) groups excluding carboxylic acids is 1. The quantitative estimate of drug-likeness (QED) is 0.599. The topological polar surface area (TPSA) is 68.5 Å². The minimum Gasteiger partial charge on any atom is -0.439 e. The highest BCUT2D eigenvalue weighted by Gasteiger charge is 2.17. The molecule has 0 saturated heterocycles. The van der Waals surface area contributed by atoms with Crippen LogP contribution in [0.1, 0.15) is 21.5 Å². The highest BCUT2D eigenvalue weighted by atomic mass is 32.2. The van der Waals surface area contributed by atoms with E-state index in [4.69, 9.17) is 10.5 Å². The molecule has 29 heavy (non-hydrogen) atoms. The van der Waals surface area contributed by atoms with Crippen LogP contribution in [0.4, 0.5) is 0 Å². The zero-order valence-electron chi connectivity index (χ0n) is 16.1. The van der Waals surface area contributed by atoms with Crippen molar-refractivity contribution >= 4 is 17.7 Å². The van der Waals surface area contributed by atoms with E-state index in [1.54, 1.807) is 12.1 Å². The predicted molar refractivity (Wildman–Crippen MR) is 115 cm³/mol. The van der Waals surface area contributed by atoms with Gasteiger partial charge in [-0.2, -0.15) is 0 Å².